The third-order valence-electron chi connectivity index (χ3n) is 5.73. The van der Waals surface area contributed by atoms with Crippen LogP contribution in [0.1, 0.15) is 135 Å². The van der Waals surface area contributed by atoms with Crippen LogP contribution in [-0.4, -0.2) is 9.55 Å². The van der Waals surface area contributed by atoms with Crippen LogP contribution in [0.5, 0.6) is 0 Å². The fourth-order valence-corrected chi connectivity index (χ4v) is 3.96. The van der Waals surface area contributed by atoms with Crippen LogP contribution in [0.15, 0.2) is 18.7 Å². The third kappa shape index (κ3) is 12.5. The molecule has 0 atom stereocenters. The van der Waals surface area contributed by atoms with Crippen molar-refractivity contribution >= 4 is 0 Å². The minimum Gasteiger partial charge on any atom is -0.334 e. The Bertz CT molecular complexity index is 352. The summed E-state index contributed by atoms with van der Waals surface area (Å²) in [5, 5.41) is 0. The Hall–Kier alpha value is -0.790. The zero-order valence-corrected chi connectivity index (χ0v) is 17.9. The predicted molar refractivity (Wildman–Crippen MR) is 116 cm³/mol. The lowest BCUT2D eigenvalue weighted by atomic mass is 9.99. The highest BCUT2D eigenvalue weighted by molar-refractivity contribution is 4.80. The second kappa shape index (κ2) is 17.6. The molecule has 1 aromatic heterocycles. The maximum atomic E-state index is 4.28. The molecule has 0 saturated heterocycles. The molecule has 1 rings (SSSR count). The molecule has 0 aliphatic carbocycles. The van der Waals surface area contributed by atoms with Crippen LogP contribution in [0.2, 0.25) is 0 Å². The van der Waals surface area contributed by atoms with E-state index in [0.717, 1.165) is 0 Å². The predicted octanol–water partition coefficient (Wildman–Crippen LogP) is 8.49. The summed E-state index contributed by atoms with van der Waals surface area (Å²) in [6.45, 7) is 4.59. The summed E-state index contributed by atoms with van der Waals surface area (Å²) in [7, 11) is 0. The molecule has 0 spiro atoms. The molecule has 0 saturated carbocycles. The summed E-state index contributed by atoms with van der Waals surface area (Å²) in [6.07, 6.45) is 31.4. The largest absolute Gasteiger partial charge is 0.334 e. The molecule has 0 fully saturated rings. The zero-order chi connectivity index (χ0) is 18.7. The van der Waals surface area contributed by atoms with E-state index in [1.165, 1.54) is 116 Å². The fourth-order valence-electron chi connectivity index (χ4n) is 3.96. The van der Waals surface area contributed by atoms with E-state index in [1.54, 1.807) is 0 Å². The molecule has 2 heteroatoms. The summed E-state index contributed by atoms with van der Waals surface area (Å²) in [5.41, 5.74) is 0. The van der Waals surface area contributed by atoms with Gasteiger partial charge < -0.3 is 4.57 Å². The van der Waals surface area contributed by atoms with E-state index < -0.39 is 0 Å². The van der Waals surface area contributed by atoms with Crippen molar-refractivity contribution in [1.29, 1.82) is 0 Å². The molecule has 0 aliphatic heterocycles. The average molecular weight is 363 g/mol. The van der Waals surface area contributed by atoms with Gasteiger partial charge in [0.1, 0.15) is 0 Å². The summed E-state index contributed by atoms with van der Waals surface area (Å²) < 4.78 is 2.36. The Balaban J connectivity index is 2.09. The summed E-state index contributed by atoms with van der Waals surface area (Å²) in [4.78, 5) is 4.28. The average Bonchev–Trinajstić information content (AvgIpc) is 3.19. The molecule has 0 aromatic carbocycles. The second-order valence-corrected chi connectivity index (χ2v) is 8.19. The topological polar surface area (TPSA) is 17.8 Å². The Morgan fingerprint density at radius 1 is 0.615 bits per heavy atom. The van der Waals surface area contributed by atoms with Crippen LogP contribution in [0, 0.1) is 0 Å². The van der Waals surface area contributed by atoms with Crippen molar-refractivity contribution in [1.82, 2.24) is 9.55 Å². The molecule has 1 aromatic rings. The number of hydrogen-bond donors (Lipinski definition) is 0. The Morgan fingerprint density at radius 3 is 1.42 bits per heavy atom. The second-order valence-electron chi connectivity index (χ2n) is 8.19. The molecular formula is C24H46N2. The van der Waals surface area contributed by atoms with E-state index in [9.17, 15) is 0 Å². The number of unbranched alkanes of at least 4 members (excludes halogenated alkanes) is 14. The standard InChI is InChI=1S/C24H46N2/c1-3-5-7-9-11-13-15-17-19-24(26-22-21-25-23-26)20-18-16-14-12-10-8-6-4-2/h21-24H,3-20H2,1-2H3. The third-order valence-corrected chi connectivity index (χ3v) is 5.73. The smallest absolute Gasteiger partial charge is 0.0948 e. The first kappa shape index (κ1) is 23.2. The molecule has 152 valence electrons. The number of aromatic nitrogens is 2. The SMILES string of the molecule is CCCCCCCCCCC(CCCCCCCCCC)n1ccnc1. The van der Waals surface area contributed by atoms with Gasteiger partial charge in [0.25, 0.3) is 0 Å². The molecule has 0 N–H and O–H groups in total. The van der Waals surface area contributed by atoms with Crippen molar-refractivity contribution in [2.45, 2.75) is 135 Å². The summed E-state index contributed by atoms with van der Waals surface area (Å²) in [6, 6.07) is 0.678. The Kier molecular flexibility index (Phi) is 15.8. The van der Waals surface area contributed by atoms with Crippen LogP contribution < -0.4 is 0 Å². The summed E-state index contributed by atoms with van der Waals surface area (Å²) >= 11 is 0. The van der Waals surface area contributed by atoms with Gasteiger partial charge in [-0.25, -0.2) is 4.98 Å². The van der Waals surface area contributed by atoms with Gasteiger partial charge >= 0.3 is 0 Å². The first-order chi connectivity index (χ1) is 12.9. The van der Waals surface area contributed by atoms with E-state index in [-0.39, 0.29) is 0 Å². The molecule has 2 nitrogen and oxygen atoms in total. The van der Waals surface area contributed by atoms with Crippen LogP contribution in [0.3, 0.4) is 0 Å². The molecule has 0 radical (unpaired) electrons. The Morgan fingerprint density at radius 2 is 1.04 bits per heavy atom. The highest BCUT2D eigenvalue weighted by Crippen LogP contribution is 2.23. The van der Waals surface area contributed by atoms with Crippen molar-refractivity contribution in [2.75, 3.05) is 0 Å². The van der Waals surface area contributed by atoms with Crippen molar-refractivity contribution < 1.29 is 0 Å². The van der Waals surface area contributed by atoms with E-state index in [2.05, 4.69) is 29.6 Å². The Labute approximate surface area is 164 Å². The molecule has 0 amide bonds. The lowest BCUT2D eigenvalue weighted by molar-refractivity contribution is 0.393. The molecule has 0 aliphatic rings. The number of hydrogen-bond acceptors (Lipinski definition) is 1. The van der Waals surface area contributed by atoms with Gasteiger partial charge in [-0.3, -0.25) is 0 Å². The van der Waals surface area contributed by atoms with Crippen molar-refractivity contribution in [3.8, 4) is 0 Å². The van der Waals surface area contributed by atoms with Crippen LogP contribution in [0.4, 0.5) is 0 Å². The highest BCUT2D eigenvalue weighted by atomic mass is 15.0. The highest BCUT2D eigenvalue weighted by Gasteiger charge is 2.10. The fraction of sp³-hybridized carbons (Fsp3) is 0.875. The minimum absolute atomic E-state index is 0.678. The van der Waals surface area contributed by atoms with Crippen LogP contribution in [-0.2, 0) is 0 Å². The van der Waals surface area contributed by atoms with Gasteiger partial charge in [-0.15, -0.1) is 0 Å². The lowest BCUT2D eigenvalue weighted by Gasteiger charge is -2.18. The molecule has 0 unspecified atom stereocenters. The van der Waals surface area contributed by atoms with Crippen molar-refractivity contribution in [3.05, 3.63) is 18.7 Å². The van der Waals surface area contributed by atoms with Gasteiger partial charge in [-0.1, -0.05) is 117 Å². The number of nitrogens with zero attached hydrogens (tertiary/aromatic N) is 2. The van der Waals surface area contributed by atoms with Gasteiger partial charge in [0, 0.05) is 18.4 Å². The van der Waals surface area contributed by atoms with Crippen LogP contribution >= 0.6 is 0 Å². The zero-order valence-electron chi connectivity index (χ0n) is 17.9. The minimum atomic E-state index is 0.678. The maximum Gasteiger partial charge on any atom is 0.0948 e. The molecule has 0 bridgehead atoms. The molecule has 26 heavy (non-hydrogen) atoms. The van der Waals surface area contributed by atoms with Gasteiger partial charge in [-0.2, -0.15) is 0 Å². The number of imidazole rings is 1. The van der Waals surface area contributed by atoms with Crippen LogP contribution in [0.25, 0.3) is 0 Å². The number of rotatable bonds is 19. The van der Waals surface area contributed by atoms with Gasteiger partial charge in [0.15, 0.2) is 0 Å². The van der Waals surface area contributed by atoms with E-state index >= 15 is 0 Å². The van der Waals surface area contributed by atoms with Gasteiger partial charge in [0.05, 0.1) is 6.33 Å². The quantitative estimate of drug-likeness (QED) is 0.226. The van der Waals surface area contributed by atoms with Crippen molar-refractivity contribution in [2.24, 2.45) is 0 Å². The van der Waals surface area contributed by atoms with E-state index in [0.29, 0.717) is 6.04 Å². The normalized spacial score (nSPS) is 11.5. The summed E-state index contributed by atoms with van der Waals surface area (Å²) in [5.74, 6) is 0. The maximum absolute atomic E-state index is 4.28. The van der Waals surface area contributed by atoms with Gasteiger partial charge in [-0.05, 0) is 12.8 Å². The van der Waals surface area contributed by atoms with Gasteiger partial charge in [0.2, 0.25) is 0 Å². The lowest BCUT2D eigenvalue weighted by Crippen LogP contribution is -2.07. The van der Waals surface area contributed by atoms with E-state index in [1.807, 2.05) is 12.5 Å². The molecular weight excluding hydrogens is 316 g/mol. The van der Waals surface area contributed by atoms with Crippen molar-refractivity contribution in [3.63, 3.8) is 0 Å². The molecule has 1 heterocycles. The monoisotopic (exact) mass is 362 g/mol. The first-order valence-corrected chi connectivity index (χ1v) is 11.9. The first-order valence-electron chi connectivity index (χ1n) is 11.9. The van der Waals surface area contributed by atoms with E-state index in [4.69, 9.17) is 0 Å².